The van der Waals surface area contributed by atoms with E-state index in [0.717, 1.165) is 60.1 Å². The van der Waals surface area contributed by atoms with Gasteiger partial charge in [-0.15, -0.1) is 0 Å². The standard InChI is InChI=1S/C19H27N3O3/c1-22(2)9-5-4-6-12-10-15-14-11-13(25-3)7-8-16(14)21-17(15)18(20-12)19(23)24/h7-8,11-12,18,20-21H,4-6,9-10H2,1-3H3,(H,23,24). The van der Waals surface area contributed by atoms with Crippen molar-refractivity contribution in [3.63, 3.8) is 0 Å². The number of fused-ring (bicyclic) bond motifs is 3. The minimum atomic E-state index is -0.835. The molecule has 136 valence electrons. The maximum Gasteiger partial charge on any atom is 0.326 e. The molecule has 0 radical (unpaired) electrons. The molecule has 1 aliphatic heterocycles. The second-order valence-corrected chi connectivity index (χ2v) is 7.07. The molecule has 0 saturated heterocycles. The van der Waals surface area contributed by atoms with Gasteiger partial charge in [0.1, 0.15) is 11.8 Å². The molecule has 2 heterocycles. The molecule has 6 heteroatoms. The first kappa shape index (κ1) is 17.8. The summed E-state index contributed by atoms with van der Waals surface area (Å²) in [6.07, 6.45) is 4.03. The summed E-state index contributed by atoms with van der Waals surface area (Å²) in [5, 5.41) is 14.0. The third kappa shape index (κ3) is 3.80. The van der Waals surface area contributed by atoms with Gasteiger partial charge in [-0.2, -0.15) is 0 Å². The van der Waals surface area contributed by atoms with E-state index in [1.807, 2.05) is 18.2 Å². The number of methoxy groups -OCH3 is 1. The van der Waals surface area contributed by atoms with E-state index in [-0.39, 0.29) is 6.04 Å². The van der Waals surface area contributed by atoms with Gasteiger partial charge >= 0.3 is 5.97 Å². The van der Waals surface area contributed by atoms with Crippen LogP contribution in [0.3, 0.4) is 0 Å². The van der Waals surface area contributed by atoms with Gasteiger partial charge in [0.2, 0.25) is 0 Å². The minimum absolute atomic E-state index is 0.181. The lowest BCUT2D eigenvalue weighted by Gasteiger charge is -2.29. The SMILES string of the molecule is COc1ccc2[nH]c3c(c2c1)CC(CCCCN(C)C)NC3C(=O)O. The number of hydrogen-bond acceptors (Lipinski definition) is 4. The number of aromatic nitrogens is 1. The molecule has 0 saturated carbocycles. The van der Waals surface area contributed by atoms with Crippen LogP contribution in [0.5, 0.6) is 5.75 Å². The third-order valence-corrected chi connectivity index (χ3v) is 4.94. The normalized spacial score (nSPS) is 20.0. The molecule has 3 N–H and O–H groups in total. The Morgan fingerprint density at radius 3 is 2.84 bits per heavy atom. The van der Waals surface area contributed by atoms with Gasteiger partial charge in [-0.3, -0.25) is 10.1 Å². The molecular formula is C19H27N3O3. The van der Waals surface area contributed by atoms with Crippen molar-refractivity contribution >= 4 is 16.9 Å². The quantitative estimate of drug-likeness (QED) is 0.672. The molecule has 2 aromatic rings. The highest BCUT2D eigenvalue weighted by molar-refractivity contribution is 5.89. The van der Waals surface area contributed by atoms with E-state index in [1.54, 1.807) is 7.11 Å². The minimum Gasteiger partial charge on any atom is -0.497 e. The van der Waals surface area contributed by atoms with Crippen LogP contribution in [0, 0.1) is 0 Å². The molecule has 6 nitrogen and oxygen atoms in total. The summed E-state index contributed by atoms with van der Waals surface area (Å²) >= 11 is 0. The number of carboxylic acids is 1. The highest BCUT2D eigenvalue weighted by Gasteiger charge is 2.33. The zero-order valence-electron chi connectivity index (χ0n) is 15.1. The molecule has 25 heavy (non-hydrogen) atoms. The summed E-state index contributed by atoms with van der Waals surface area (Å²) in [6, 6.07) is 5.35. The van der Waals surface area contributed by atoms with Crippen LogP contribution in [0.25, 0.3) is 10.9 Å². The predicted molar refractivity (Wildman–Crippen MR) is 98.3 cm³/mol. The molecule has 1 aromatic carbocycles. The number of hydrogen-bond donors (Lipinski definition) is 3. The Bertz CT molecular complexity index is 754. The van der Waals surface area contributed by atoms with E-state index < -0.39 is 12.0 Å². The van der Waals surface area contributed by atoms with Crippen LogP contribution in [0.1, 0.15) is 36.6 Å². The van der Waals surface area contributed by atoms with Crippen molar-refractivity contribution in [3.8, 4) is 5.75 Å². The van der Waals surface area contributed by atoms with Crippen LogP contribution >= 0.6 is 0 Å². The summed E-state index contributed by atoms with van der Waals surface area (Å²) in [7, 11) is 5.80. The summed E-state index contributed by atoms with van der Waals surface area (Å²) < 4.78 is 5.34. The predicted octanol–water partition coefficient (Wildman–Crippen LogP) is 2.55. The van der Waals surface area contributed by atoms with Gasteiger partial charge in [-0.25, -0.2) is 0 Å². The lowest BCUT2D eigenvalue weighted by atomic mass is 9.91. The number of aromatic amines is 1. The van der Waals surface area contributed by atoms with Crippen LogP contribution in [-0.4, -0.2) is 54.8 Å². The Labute approximate surface area is 148 Å². The molecule has 0 fully saturated rings. The largest absolute Gasteiger partial charge is 0.497 e. The number of benzene rings is 1. The van der Waals surface area contributed by atoms with E-state index in [0.29, 0.717) is 0 Å². The van der Waals surface area contributed by atoms with Gasteiger partial charge in [0.15, 0.2) is 0 Å². The molecule has 2 atom stereocenters. The molecule has 2 unspecified atom stereocenters. The molecule has 3 rings (SSSR count). The second kappa shape index (κ2) is 7.45. The molecule has 0 amide bonds. The molecule has 1 aliphatic rings. The Kier molecular flexibility index (Phi) is 5.30. The monoisotopic (exact) mass is 345 g/mol. The number of nitrogens with zero attached hydrogens (tertiary/aromatic N) is 1. The first-order valence-electron chi connectivity index (χ1n) is 8.81. The number of H-pyrrole nitrogens is 1. The number of carboxylic acid groups (broad SMARTS) is 1. The Balaban J connectivity index is 1.84. The van der Waals surface area contributed by atoms with Crippen molar-refractivity contribution in [2.75, 3.05) is 27.7 Å². The molecular weight excluding hydrogens is 318 g/mol. The topological polar surface area (TPSA) is 77.6 Å². The average Bonchev–Trinajstić information content (AvgIpc) is 2.95. The van der Waals surface area contributed by atoms with Crippen molar-refractivity contribution < 1.29 is 14.6 Å². The van der Waals surface area contributed by atoms with Gasteiger partial charge in [0.25, 0.3) is 0 Å². The number of nitrogens with one attached hydrogen (secondary N) is 2. The maximum absolute atomic E-state index is 11.8. The van der Waals surface area contributed by atoms with Crippen molar-refractivity contribution in [1.82, 2.24) is 15.2 Å². The highest BCUT2D eigenvalue weighted by Crippen LogP contribution is 2.34. The van der Waals surface area contributed by atoms with Gasteiger partial charge in [-0.1, -0.05) is 6.42 Å². The Morgan fingerprint density at radius 1 is 1.36 bits per heavy atom. The molecule has 1 aromatic heterocycles. The van der Waals surface area contributed by atoms with Crippen LogP contribution in [-0.2, 0) is 11.2 Å². The van der Waals surface area contributed by atoms with E-state index >= 15 is 0 Å². The smallest absolute Gasteiger partial charge is 0.326 e. The molecule has 0 spiro atoms. The summed E-state index contributed by atoms with van der Waals surface area (Å²) in [5.74, 6) is -0.0417. The molecule has 0 aliphatic carbocycles. The summed E-state index contributed by atoms with van der Waals surface area (Å²) in [5.41, 5.74) is 2.85. The number of unbranched alkanes of at least 4 members (excludes halogenated alkanes) is 1. The van der Waals surface area contributed by atoms with Crippen LogP contribution < -0.4 is 10.1 Å². The van der Waals surface area contributed by atoms with E-state index in [4.69, 9.17) is 4.74 Å². The first-order valence-corrected chi connectivity index (χ1v) is 8.81. The number of carbonyl (C=O) groups is 1. The zero-order chi connectivity index (χ0) is 18.0. The summed E-state index contributed by atoms with van der Waals surface area (Å²) in [6.45, 7) is 1.06. The van der Waals surface area contributed by atoms with E-state index in [2.05, 4.69) is 29.3 Å². The fourth-order valence-electron chi connectivity index (χ4n) is 3.66. The highest BCUT2D eigenvalue weighted by atomic mass is 16.5. The van der Waals surface area contributed by atoms with Gasteiger partial charge in [0, 0.05) is 22.6 Å². The van der Waals surface area contributed by atoms with Gasteiger partial charge in [-0.05, 0) is 63.7 Å². The fourth-order valence-corrected chi connectivity index (χ4v) is 3.66. The van der Waals surface area contributed by atoms with Crippen LogP contribution in [0.15, 0.2) is 18.2 Å². The molecule has 0 bridgehead atoms. The van der Waals surface area contributed by atoms with Crippen molar-refractivity contribution in [2.45, 2.75) is 37.8 Å². The fraction of sp³-hybridized carbons (Fsp3) is 0.526. The summed E-state index contributed by atoms with van der Waals surface area (Å²) in [4.78, 5) is 17.2. The number of ether oxygens (including phenoxy) is 1. The van der Waals surface area contributed by atoms with E-state index in [1.165, 1.54) is 0 Å². The first-order chi connectivity index (χ1) is 12.0. The maximum atomic E-state index is 11.8. The third-order valence-electron chi connectivity index (χ3n) is 4.94. The van der Waals surface area contributed by atoms with Crippen molar-refractivity contribution in [2.24, 2.45) is 0 Å². The van der Waals surface area contributed by atoms with Gasteiger partial charge in [0.05, 0.1) is 7.11 Å². The van der Waals surface area contributed by atoms with Crippen LogP contribution in [0.4, 0.5) is 0 Å². The lowest BCUT2D eigenvalue weighted by Crippen LogP contribution is -2.42. The Hall–Kier alpha value is -2.05. The lowest BCUT2D eigenvalue weighted by molar-refractivity contribution is -0.140. The number of rotatable bonds is 7. The van der Waals surface area contributed by atoms with Crippen LogP contribution in [0.2, 0.25) is 0 Å². The second-order valence-electron chi connectivity index (χ2n) is 7.07. The Morgan fingerprint density at radius 2 is 2.16 bits per heavy atom. The van der Waals surface area contributed by atoms with Crippen molar-refractivity contribution in [1.29, 1.82) is 0 Å². The average molecular weight is 345 g/mol. The van der Waals surface area contributed by atoms with E-state index in [9.17, 15) is 9.90 Å². The van der Waals surface area contributed by atoms with Gasteiger partial charge < -0.3 is 19.7 Å². The number of aliphatic carboxylic acids is 1. The zero-order valence-corrected chi connectivity index (χ0v) is 15.1. The van der Waals surface area contributed by atoms with Crippen molar-refractivity contribution in [3.05, 3.63) is 29.5 Å².